The van der Waals surface area contributed by atoms with Crippen molar-refractivity contribution in [3.8, 4) is 22.6 Å². The first-order valence-electron chi connectivity index (χ1n) is 6.06. The van der Waals surface area contributed by atoms with Crippen LogP contribution in [0.15, 0.2) is 71.1 Å². The van der Waals surface area contributed by atoms with Crippen LogP contribution in [0.2, 0.25) is 0 Å². The summed E-state index contributed by atoms with van der Waals surface area (Å²) in [5.41, 5.74) is 3.40. The fourth-order valence-electron chi connectivity index (χ4n) is 2.10. The first-order valence-corrected chi connectivity index (χ1v) is 6.06. The maximum Gasteiger partial charge on any atom is 0.137 e. The highest BCUT2D eigenvalue weighted by molar-refractivity contribution is 5.68. The minimum absolute atomic E-state index is 0.923. The van der Waals surface area contributed by atoms with Gasteiger partial charge in [-0.1, -0.05) is 60.7 Å². The van der Waals surface area contributed by atoms with Crippen LogP contribution in [0.1, 0.15) is 5.56 Å². The highest BCUT2D eigenvalue weighted by atomic mass is 16.3. The molecule has 0 unspecified atom stereocenters. The zero-order valence-electron chi connectivity index (χ0n) is 10.3. The number of aryl methyl sites for hydroxylation is 1. The molecule has 0 N–H and O–H groups in total. The van der Waals surface area contributed by atoms with Gasteiger partial charge < -0.3 is 4.42 Å². The summed E-state index contributed by atoms with van der Waals surface area (Å²) in [6, 6.07) is 22.5. The third-order valence-corrected chi connectivity index (χ3v) is 3.01. The molecule has 0 radical (unpaired) electrons. The summed E-state index contributed by atoms with van der Waals surface area (Å²) >= 11 is 0. The van der Waals surface area contributed by atoms with Crippen molar-refractivity contribution in [1.29, 1.82) is 0 Å². The minimum atomic E-state index is 0.923. The fourth-order valence-corrected chi connectivity index (χ4v) is 2.10. The van der Waals surface area contributed by atoms with Gasteiger partial charge in [-0.05, 0) is 18.6 Å². The molecule has 0 aliphatic heterocycles. The zero-order chi connectivity index (χ0) is 12.4. The Balaban J connectivity index is 2.07. The van der Waals surface area contributed by atoms with E-state index in [9.17, 15) is 0 Å². The van der Waals surface area contributed by atoms with Crippen molar-refractivity contribution in [2.75, 3.05) is 0 Å². The number of hydrogen-bond donors (Lipinski definition) is 0. The van der Waals surface area contributed by atoms with Gasteiger partial charge in [0.1, 0.15) is 11.5 Å². The smallest absolute Gasteiger partial charge is 0.137 e. The largest absolute Gasteiger partial charge is 0.456 e. The minimum Gasteiger partial charge on any atom is -0.456 e. The molecule has 1 aromatic heterocycles. The van der Waals surface area contributed by atoms with Gasteiger partial charge in [-0.25, -0.2) is 0 Å². The number of hydrogen-bond acceptors (Lipinski definition) is 1. The molecule has 1 heteroatoms. The van der Waals surface area contributed by atoms with Gasteiger partial charge in [-0.15, -0.1) is 0 Å². The second kappa shape index (κ2) is 4.53. The number of benzene rings is 2. The molecule has 0 aliphatic carbocycles. The molecule has 0 bridgehead atoms. The summed E-state index contributed by atoms with van der Waals surface area (Å²) in [6.45, 7) is 2.08. The van der Waals surface area contributed by atoms with Crippen LogP contribution in [-0.2, 0) is 0 Å². The first kappa shape index (κ1) is 10.8. The van der Waals surface area contributed by atoms with E-state index in [1.807, 2.05) is 36.4 Å². The van der Waals surface area contributed by atoms with E-state index in [0.717, 1.165) is 22.6 Å². The van der Waals surface area contributed by atoms with E-state index in [4.69, 9.17) is 4.42 Å². The Hall–Kier alpha value is -2.28. The molecule has 0 fully saturated rings. The average molecular weight is 234 g/mol. The van der Waals surface area contributed by atoms with Crippen molar-refractivity contribution in [3.63, 3.8) is 0 Å². The lowest BCUT2D eigenvalue weighted by Crippen LogP contribution is -1.74. The molecule has 3 aromatic rings. The van der Waals surface area contributed by atoms with E-state index < -0.39 is 0 Å². The maximum atomic E-state index is 5.99. The van der Waals surface area contributed by atoms with Gasteiger partial charge in [0.25, 0.3) is 0 Å². The number of rotatable bonds is 2. The van der Waals surface area contributed by atoms with Crippen LogP contribution >= 0.6 is 0 Å². The van der Waals surface area contributed by atoms with Crippen LogP contribution in [0.3, 0.4) is 0 Å². The Morgan fingerprint density at radius 1 is 0.722 bits per heavy atom. The molecule has 1 heterocycles. The summed E-state index contributed by atoms with van der Waals surface area (Å²) < 4.78 is 5.99. The summed E-state index contributed by atoms with van der Waals surface area (Å²) in [5, 5.41) is 0. The normalized spacial score (nSPS) is 10.5. The highest BCUT2D eigenvalue weighted by Gasteiger charge is 2.10. The second-order valence-electron chi connectivity index (χ2n) is 4.35. The fraction of sp³-hybridized carbons (Fsp3) is 0.0588. The number of furan rings is 1. The molecule has 0 atom stereocenters. The SMILES string of the molecule is Cc1cc(-c2ccccc2)oc1-c1ccccc1. The van der Waals surface area contributed by atoms with Crippen molar-refractivity contribution >= 4 is 0 Å². The van der Waals surface area contributed by atoms with E-state index in [-0.39, 0.29) is 0 Å². The third-order valence-electron chi connectivity index (χ3n) is 3.01. The summed E-state index contributed by atoms with van der Waals surface area (Å²) in [7, 11) is 0. The van der Waals surface area contributed by atoms with Crippen LogP contribution in [0.4, 0.5) is 0 Å². The second-order valence-corrected chi connectivity index (χ2v) is 4.35. The van der Waals surface area contributed by atoms with Gasteiger partial charge in [-0.3, -0.25) is 0 Å². The summed E-state index contributed by atoms with van der Waals surface area (Å²) in [6.07, 6.45) is 0. The Kier molecular flexibility index (Phi) is 2.73. The van der Waals surface area contributed by atoms with Crippen molar-refractivity contribution in [2.24, 2.45) is 0 Å². The predicted octanol–water partition coefficient (Wildman–Crippen LogP) is 4.92. The van der Waals surface area contributed by atoms with Crippen LogP contribution in [0, 0.1) is 6.92 Å². The van der Waals surface area contributed by atoms with Gasteiger partial charge in [0.2, 0.25) is 0 Å². The highest BCUT2D eigenvalue weighted by Crippen LogP contribution is 2.31. The maximum absolute atomic E-state index is 5.99. The summed E-state index contributed by atoms with van der Waals surface area (Å²) in [4.78, 5) is 0. The van der Waals surface area contributed by atoms with Gasteiger partial charge in [0.05, 0.1) is 0 Å². The standard InChI is InChI=1S/C17H14O/c1-13-12-16(14-8-4-2-5-9-14)18-17(13)15-10-6-3-7-11-15/h2-12H,1H3. The summed E-state index contributed by atoms with van der Waals surface area (Å²) in [5.74, 6) is 1.88. The van der Waals surface area contributed by atoms with Crippen LogP contribution in [0.5, 0.6) is 0 Å². The van der Waals surface area contributed by atoms with Gasteiger partial charge >= 0.3 is 0 Å². The Morgan fingerprint density at radius 3 is 1.89 bits per heavy atom. The topological polar surface area (TPSA) is 13.1 Å². The molecule has 18 heavy (non-hydrogen) atoms. The van der Waals surface area contributed by atoms with Crippen molar-refractivity contribution in [3.05, 3.63) is 72.3 Å². The van der Waals surface area contributed by atoms with E-state index in [2.05, 4.69) is 37.3 Å². The van der Waals surface area contributed by atoms with E-state index in [1.165, 1.54) is 5.56 Å². The predicted molar refractivity (Wildman–Crippen MR) is 74.3 cm³/mol. The monoisotopic (exact) mass is 234 g/mol. The van der Waals surface area contributed by atoms with Crippen molar-refractivity contribution < 1.29 is 4.42 Å². The molecular weight excluding hydrogens is 220 g/mol. The Labute approximate surface area is 107 Å². The van der Waals surface area contributed by atoms with Crippen LogP contribution in [0.25, 0.3) is 22.6 Å². The Morgan fingerprint density at radius 2 is 1.28 bits per heavy atom. The molecule has 1 nitrogen and oxygen atoms in total. The Bertz CT molecular complexity index is 636. The van der Waals surface area contributed by atoms with Crippen LogP contribution in [-0.4, -0.2) is 0 Å². The lowest BCUT2D eigenvalue weighted by atomic mass is 10.1. The van der Waals surface area contributed by atoms with Crippen LogP contribution < -0.4 is 0 Å². The van der Waals surface area contributed by atoms with Crippen molar-refractivity contribution in [2.45, 2.75) is 6.92 Å². The molecule has 3 rings (SSSR count). The quantitative estimate of drug-likeness (QED) is 0.613. The molecule has 88 valence electrons. The molecular formula is C17H14O. The molecule has 0 aliphatic rings. The van der Waals surface area contributed by atoms with Gasteiger partial charge in [0, 0.05) is 11.1 Å². The van der Waals surface area contributed by atoms with Crippen molar-refractivity contribution in [1.82, 2.24) is 0 Å². The van der Waals surface area contributed by atoms with Gasteiger partial charge in [-0.2, -0.15) is 0 Å². The molecule has 0 saturated carbocycles. The average Bonchev–Trinajstić information content (AvgIpc) is 2.83. The third kappa shape index (κ3) is 1.95. The van der Waals surface area contributed by atoms with E-state index in [1.54, 1.807) is 0 Å². The molecule has 2 aromatic carbocycles. The first-order chi connectivity index (χ1) is 8.84. The zero-order valence-corrected chi connectivity index (χ0v) is 10.3. The van der Waals surface area contributed by atoms with E-state index >= 15 is 0 Å². The molecule has 0 spiro atoms. The lowest BCUT2D eigenvalue weighted by molar-refractivity contribution is 0.596. The lowest BCUT2D eigenvalue weighted by Gasteiger charge is -1.98. The van der Waals surface area contributed by atoms with E-state index in [0.29, 0.717) is 0 Å². The van der Waals surface area contributed by atoms with Gasteiger partial charge in [0.15, 0.2) is 0 Å². The molecule has 0 amide bonds. The molecule has 0 saturated heterocycles.